The maximum atomic E-state index is 13.2. The summed E-state index contributed by atoms with van der Waals surface area (Å²) in [6.07, 6.45) is 3.16. The molecule has 0 aliphatic carbocycles. The summed E-state index contributed by atoms with van der Waals surface area (Å²) in [6, 6.07) is 12.8. The smallest absolute Gasteiger partial charge is 0.407 e. The number of hydrogen-bond acceptors (Lipinski definition) is 7. The second-order valence-corrected chi connectivity index (χ2v) is 9.35. The van der Waals surface area contributed by atoms with E-state index < -0.39 is 17.3 Å². The Morgan fingerprint density at radius 2 is 1.75 bits per heavy atom. The molecular formula is C26H32N6O4. The van der Waals surface area contributed by atoms with Crippen LogP contribution in [0.5, 0.6) is 0 Å². The van der Waals surface area contributed by atoms with Crippen molar-refractivity contribution in [2.45, 2.75) is 45.8 Å². The topological polar surface area (TPSA) is 127 Å². The first kappa shape index (κ1) is 26.4. The van der Waals surface area contributed by atoms with Gasteiger partial charge in [0.25, 0.3) is 5.56 Å². The SMILES string of the molecule is CC(=O)Nc1c(-c2ccncc2)nc(NCC(Cc2ccccc2)NC(=O)OC(C)(C)C)n(C)c1=O. The molecule has 0 aliphatic heterocycles. The van der Waals surface area contributed by atoms with Crippen LogP contribution in [0.15, 0.2) is 59.7 Å². The van der Waals surface area contributed by atoms with Crippen molar-refractivity contribution in [1.82, 2.24) is 19.9 Å². The van der Waals surface area contributed by atoms with Gasteiger partial charge in [0.15, 0.2) is 0 Å². The average molecular weight is 493 g/mol. The summed E-state index contributed by atoms with van der Waals surface area (Å²) in [7, 11) is 1.56. The van der Waals surface area contributed by atoms with E-state index in [0.717, 1.165) is 5.56 Å². The number of aromatic nitrogens is 3. The fourth-order valence-corrected chi connectivity index (χ4v) is 3.53. The summed E-state index contributed by atoms with van der Waals surface area (Å²) in [6.45, 7) is 7.00. The number of nitrogens with zero attached hydrogens (tertiary/aromatic N) is 3. The fraction of sp³-hybridized carbons (Fsp3) is 0.346. The molecule has 1 atom stereocenters. The van der Waals surface area contributed by atoms with E-state index in [4.69, 9.17) is 4.74 Å². The lowest BCUT2D eigenvalue weighted by molar-refractivity contribution is -0.114. The van der Waals surface area contributed by atoms with Crippen molar-refractivity contribution < 1.29 is 14.3 Å². The van der Waals surface area contributed by atoms with Crippen LogP contribution in [0.4, 0.5) is 16.4 Å². The summed E-state index contributed by atoms with van der Waals surface area (Å²) >= 11 is 0. The van der Waals surface area contributed by atoms with Crippen LogP contribution >= 0.6 is 0 Å². The second kappa shape index (κ2) is 11.5. The van der Waals surface area contributed by atoms with Crippen LogP contribution in [0, 0.1) is 0 Å². The molecule has 0 radical (unpaired) electrons. The largest absolute Gasteiger partial charge is 0.444 e. The Morgan fingerprint density at radius 1 is 1.08 bits per heavy atom. The molecule has 190 valence electrons. The molecule has 10 heteroatoms. The molecule has 0 aliphatic rings. The molecule has 0 fully saturated rings. The maximum Gasteiger partial charge on any atom is 0.407 e. The Hall–Kier alpha value is -4.21. The van der Waals surface area contributed by atoms with Crippen LogP contribution in [0.25, 0.3) is 11.3 Å². The van der Waals surface area contributed by atoms with Gasteiger partial charge in [-0.1, -0.05) is 30.3 Å². The lowest BCUT2D eigenvalue weighted by Gasteiger charge is -2.24. The molecule has 0 spiro atoms. The zero-order valence-corrected chi connectivity index (χ0v) is 21.2. The molecule has 0 bridgehead atoms. The third-order valence-corrected chi connectivity index (χ3v) is 5.10. The van der Waals surface area contributed by atoms with Crippen molar-refractivity contribution in [1.29, 1.82) is 0 Å². The van der Waals surface area contributed by atoms with Crippen molar-refractivity contribution in [2.75, 3.05) is 17.2 Å². The molecule has 0 saturated heterocycles. The van der Waals surface area contributed by atoms with Gasteiger partial charge in [0.2, 0.25) is 11.9 Å². The van der Waals surface area contributed by atoms with Crippen LogP contribution in [0.3, 0.4) is 0 Å². The number of benzene rings is 1. The number of pyridine rings is 1. The van der Waals surface area contributed by atoms with Crippen LogP contribution in [-0.4, -0.2) is 44.7 Å². The van der Waals surface area contributed by atoms with Gasteiger partial charge in [0.1, 0.15) is 17.0 Å². The third-order valence-electron chi connectivity index (χ3n) is 5.10. The predicted octanol–water partition coefficient (Wildman–Crippen LogP) is 3.35. The summed E-state index contributed by atoms with van der Waals surface area (Å²) in [5.41, 5.74) is 0.990. The van der Waals surface area contributed by atoms with E-state index in [9.17, 15) is 14.4 Å². The number of nitrogens with one attached hydrogen (secondary N) is 3. The minimum atomic E-state index is -0.640. The van der Waals surface area contributed by atoms with E-state index in [1.54, 1.807) is 52.3 Å². The third kappa shape index (κ3) is 7.39. The number of alkyl carbamates (subject to hydrolysis) is 1. The number of rotatable bonds is 8. The molecule has 2 amide bonds. The van der Waals surface area contributed by atoms with Crippen LogP contribution in [0.2, 0.25) is 0 Å². The maximum absolute atomic E-state index is 13.2. The number of carbonyl (C=O) groups excluding carboxylic acids is 2. The van der Waals surface area contributed by atoms with Gasteiger partial charge in [-0.25, -0.2) is 9.78 Å². The monoisotopic (exact) mass is 492 g/mol. The van der Waals surface area contributed by atoms with Gasteiger partial charge in [-0.05, 0) is 44.9 Å². The van der Waals surface area contributed by atoms with Gasteiger partial charge in [-0.3, -0.25) is 19.1 Å². The molecular weight excluding hydrogens is 460 g/mol. The van der Waals surface area contributed by atoms with Gasteiger partial charge >= 0.3 is 6.09 Å². The van der Waals surface area contributed by atoms with Crippen molar-refractivity contribution in [3.63, 3.8) is 0 Å². The van der Waals surface area contributed by atoms with E-state index >= 15 is 0 Å². The average Bonchev–Trinajstić information content (AvgIpc) is 2.81. The fourth-order valence-electron chi connectivity index (χ4n) is 3.53. The Labute approximate surface area is 210 Å². The highest BCUT2D eigenvalue weighted by molar-refractivity contribution is 5.93. The minimum absolute atomic E-state index is 0.0782. The number of hydrogen-bond donors (Lipinski definition) is 3. The Balaban J connectivity index is 1.91. The van der Waals surface area contributed by atoms with Crippen LogP contribution in [0.1, 0.15) is 33.3 Å². The first-order chi connectivity index (χ1) is 17.0. The Kier molecular flexibility index (Phi) is 8.42. The molecule has 36 heavy (non-hydrogen) atoms. The second-order valence-electron chi connectivity index (χ2n) is 9.35. The molecule has 2 aromatic heterocycles. The first-order valence-electron chi connectivity index (χ1n) is 11.6. The predicted molar refractivity (Wildman–Crippen MR) is 139 cm³/mol. The highest BCUT2D eigenvalue weighted by atomic mass is 16.6. The quantitative estimate of drug-likeness (QED) is 0.440. The summed E-state index contributed by atoms with van der Waals surface area (Å²) in [5.74, 6) is -0.0978. The number of anilines is 2. The first-order valence-corrected chi connectivity index (χ1v) is 11.6. The zero-order chi connectivity index (χ0) is 26.3. The summed E-state index contributed by atoms with van der Waals surface area (Å²) in [5, 5.41) is 8.69. The minimum Gasteiger partial charge on any atom is -0.444 e. The normalized spacial score (nSPS) is 11.9. The number of ether oxygens (including phenoxy) is 1. The van der Waals surface area contributed by atoms with Crippen LogP contribution < -0.4 is 21.5 Å². The number of carbonyl (C=O) groups is 2. The highest BCUT2D eigenvalue weighted by Gasteiger charge is 2.22. The molecule has 2 heterocycles. The van der Waals surface area contributed by atoms with Crippen molar-refractivity contribution >= 4 is 23.6 Å². The van der Waals surface area contributed by atoms with E-state index in [-0.39, 0.29) is 30.1 Å². The van der Waals surface area contributed by atoms with E-state index in [1.165, 1.54) is 11.5 Å². The van der Waals surface area contributed by atoms with Gasteiger partial charge in [0.05, 0.1) is 6.04 Å². The Morgan fingerprint density at radius 3 is 2.36 bits per heavy atom. The zero-order valence-electron chi connectivity index (χ0n) is 21.2. The number of amides is 2. The Bertz CT molecular complexity index is 1250. The lowest BCUT2D eigenvalue weighted by atomic mass is 10.1. The summed E-state index contributed by atoms with van der Waals surface area (Å²) < 4.78 is 6.76. The van der Waals surface area contributed by atoms with E-state index in [2.05, 4.69) is 25.9 Å². The molecule has 1 aromatic carbocycles. The van der Waals surface area contributed by atoms with Gasteiger partial charge < -0.3 is 20.7 Å². The van der Waals surface area contributed by atoms with E-state index in [1.807, 2.05) is 30.3 Å². The van der Waals surface area contributed by atoms with Gasteiger partial charge in [-0.2, -0.15) is 0 Å². The summed E-state index contributed by atoms with van der Waals surface area (Å²) in [4.78, 5) is 46.1. The van der Waals surface area contributed by atoms with E-state index in [0.29, 0.717) is 17.7 Å². The van der Waals surface area contributed by atoms with Gasteiger partial charge in [0, 0.05) is 38.5 Å². The van der Waals surface area contributed by atoms with Gasteiger partial charge in [-0.15, -0.1) is 0 Å². The molecule has 3 aromatic rings. The highest BCUT2D eigenvalue weighted by Crippen LogP contribution is 2.24. The molecule has 3 N–H and O–H groups in total. The molecule has 3 rings (SSSR count). The standard InChI is InChI=1S/C26H32N6O4/c1-17(33)29-22-21(19-11-13-27-14-12-19)31-24(32(5)23(22)34)28-16-20(15-18-9-7-6-8-10-18)30-25(35)36-26(2,3)4/h6-14,20H,15-16H2,1-5H3,(H,28,31)(H,29,33)(H,30,35). The molecule has 0 saturated carbocycles. The molecule has 1 unspecified atom stereocenters. The molecule has 10 nitrogen and oxygen atoms in total. The van der Waals surface area contributed by atoms with Crippen LogP contribution in [-0.2, 0) is 23.0 Å². The van der Waals surface area contributed by atoms with Crippen molar-refractivity contribution in [3.05, 3.63) is 70.8 Å². The van der Waals surface area contributed by atoms with Crippen molar-refractivity contribution in [3.8, 4) is 11.3 Å². The lowest BCUT2D eigenvalue weighted by Crippen LogP contribution is -2.44. The van der Waals surface area contributed by atoms with Crippen molar-refractivity contribution in [2.24, 2.45) is 7.05 Å².